The SMILES string of the molecule is c1ccc(COc2ccc(-c3ccnc4nc(-c5cccs5)nn34)cc2)cc1. The Balaban J connectivity index is 1.42. The minimum absolute atomic E-state index is 0.549. The Morgan fingerprint density at radius 2 is 1.75 bits per heavy atom. The van der Waals surface area contributed by atoms with E-state index in [2.05, 4.69) is 27.2 Å². The van der Waals surface area contributed by atoms with Crippen LogP contribution in [0.3, 0.4) is 0 Å². The van der Waals surface area contributed by atoms with Crippen molar-refractivity contribution < 1.29 is 4.74 Å². The van der Waals surface area contributed by atoms with Crippen LogP contribution in [0.1, 0.15) is 5.56 Å². The summed E-state index contributed by atoms with van der Waals surface area (Å²) in [6.07, 6.45) is 1.76. The van der Waals surface area contributed by atoms with Crippen LogP contribution >= 0.6 is 11.3 Å². The molecule has 0 amide bonds. The molecular weight excluding hydrogens is 368 g/mol. The predicted octanol–water partition coefficient (Wildman–Crippen LogP) is 5.10. The predicted molar refractivity (Wildman–Crippen MR) is 110 cm³/mol. The molecule has 0 radical (unpaired) electrons. The number of ether oxygens (including phenoxy) is 1. The molecule has 6 heteroatoms. The van der Waals surface area contributed by atoms with E-state index in [4.69, 9.17) is 4.74 Å². The van der Waals surface area contributed by atoms with E-state index in [1.807, 2.05) is 66.0 Å². The molecule has 0 fully saturated rings. The fourth-order valence-corrected chi connectivity index (χ4v) is 3.64. The van der Waals surface area contributed by atoms with Crippen molar-refractivity contribution in [2.75, 3.05) is 0 Å². The van der Waals surface area contributed by atoms with Gasteiger partial charge in [-0.2, -0.15) is 9.50 Å². The summed E-state index contributed by atoms with van der Waals surface area (Å²) in [5.41, 5.74) is 3.11. The normalized spacial score (nSPS) is 11.0. The first-order chi connectivity index (χ1) is 13.9. The molecule has 28 heavy (non-hydrogen) atoms. The van der Waals surface area contributed by atoms with Crippen molar-refractivity contribution in [2.45, 2.75) is 6.61 Å². The van der Waals surface area contributed by atoms with Gasteiger partial charge in [0.2, 0.25) is 0 Å². The smallest absolute Gasteiger partial charge is 0.253 e. The second-order valence-corrected chi connectivity index (χ2v) is 7.20. The van der Waals surface area contributed by atoms with Crippen LogP contribution in [0.25, 0.3) is 27.7 Å². The quantitative estimate of drug-likeness (QED) is 0.423. The molecular formula is C22H16N4OS. The lowest BCUT2D eigenvalue weighted by Crippen LogP contribution is -1.97. The summed E-state index contributed by atoms with van der Waals surface area (Å²) in [5, 5.41) is 6.67. The van der Waals surface area contributed by atoms with Crippen LogP contribution < -0.4 is 4.74 Å². The molecule has 0 aliphatic rings. The monoisotopic (exact) mass is 384 g/mol. The Bertz CT molecular complexity index is 1200. The first-order valence-corrected chi connectivity index (χ1v) is 9.78. The van der Waals surface area contributed by atoms with Gasteiger partial charge < -0.3 is 4.74 Å². The highest BCUT2D eigenvalue weighted by Gasteiger charge is 2.12. The van der Waals surface area contributed by atoms with Crippen LogP contribution in [0.4, 0.5) is 0 Å². The summed E-state index contributed by atoms with van der Waals surface area (Å²) in [7, 11) is 0. The van der Waals surface area contributed by atoms with Crippen molar-refractivity contribution in [1.29, 1.82) is 0 Å². The standard InChI is InChI=1S/C22H16N4OS/c1-2-5-16(6-3-1)15-27-18-10-8-17(9-11-18)19-12-13-23-22-24-21(25-26(19)22)20-7-4-14-28-20/h1-14H,15H2. The fourth-order valence-electron chi connectivity index (χ4n) is 2.99. The van der Waals surface area contributed by atoms with Crippen molar-refractivity contribution in [3.63, 3.8) is 0 Å². The van der Waals surface area contributed by atoms with Crippen LogP contribution in [0.2, 0.25) is 0 Å². The van der Waals surface area contributed by atoms with Gasteiger partial charge in [0.25, 0.3) is 5.78 Å². The molecule has 0 aliphatic carbocycles. The van der Waals surface area contributed by atoms with E-state index in [0.29, 0.717) is 18.2 Å². The van der Waals surface area contributed by atoms with E-state index in [9.17, 15) is 0 Å². The molecule has 0 atom stereocenters. The Hall–Kier alpha value is -3.51. The molecule has 0 saturated heterocycles. The average molecular weight is 384 g/mol. The van der Waals surface area contributed by atoms with E-state index < -0.39 is 0 Å². The van der Waals surface area contributed by atoms with E-state index >= 15 is 0 Å². The lowest BCUT2D eigenvalue weighted by atomic mass is 10.1. The first kappa shape index (κ1) is 16.6. The number of hydrogen-bond acceptors (Lipinski definition) is 5. The molecule has 0 saturated carbocycles. The molecule has 0 unspecified atom stereocenters. The summed E-state index contributed by atoms with van der Waals surface area (Å²) in [5.74, 6) is 2.11. The molecule has 136 valence electrons. The number of nitrogens with zero attached hydrogens (tertiary/aromatic N) is 4. The van der Waals surface area contributed by atoms with E-state index in [1.165, 1.54) is 0 Å². The fraction of sp³-hybridized carbons (Fsp3) is 0.0455. The van der Waals surface area contributed by atoms with Gasteiger partial charge >= 0.3 is 0 Å². The molecule has 0 aliphatic heterocycles. The van der Waals surface area contributed by atoms with Gasteiger partial charge in [-0.25, -0.2) is 4.98 Å². The third-order valence-corrected chi connectivity index (χ3v) is 5.25. The molecule has 0 N–H and O–H groups in total. The van der Waals surface area contributed by atoms with Crippen molar-refractivity contribution in [3.05, 3.63) is 89.9 Å². The van der Waals surface area contributed by atoms with Crippen LogP contribution in [0.15, 0.2) is 84.4 Å². The van der Waals surface area contributed by atoms with Crippen molar-refractivity contribution in [2.24, 2.45) is 0 Å². The number of hydrogen-bond donors (Lipinski definition) is 0. The maximum Gasteiger partial charge on any atom is 0.253 e. The molecule has 5 nitrogen and oxygen atoms in total. The minimum atomic E-state index is 0.549. The first-order valence-electron chi connectivity index (χ1n) is 8.90. The summed E-state index contributed by atoms with van der Waals surface area (Å²) >= 11 is 1.62. The number of rotatable bonds is 5. The van der Waals surface area contributed by atoms with Crippen LogP contribution in [-0.2, 0) is 6.61 Å². The zero-order valence-electron chi connectivity index (χ0n) is 14.9. The molecule has 0 spiro atoms. The summed E-state index contributed by atoms with van der Waals surface area (Å²) in [6.45, 7) is 0.549. The third kappa shape index (κ3) is 3.25. The lowest BCUT2D eigenvalue weighted by molar-refractivity contribution is 0.306. The minimum Gasteiger partial charge on any atom is -0.489 e. The Kier molecular flexibility index (Phi) is 4.31. The largest absolute Gasteiger partial charge is 0.489 e. The maximum absolute atomic E-state index is 5.88. The van der Waals surface area contributed by atoms with Crippen molar-refractivity contribution in [1.82, 2.24) is 19.6 Å². The number of fused-ring (bicyclic) bond motifs is 1. The Morgan fingerprint density at radius 3 is 2.54 bits per heavy atom. The number of benzene rings is 2. The van der Waals surface area contributed by atoms with Gasteiger partial charge in [0.1, 0.15) is 12.4 Å². The van der Waals surface area contributed by atoms with Gasteiger partial charge in [0.15, 0.2) is 5.82 Å². The molecule has 3 aromatic heterocycles. The number of aromatic nitrogens is 4. The highest BCUT2D eigenvalue weighted by atomic mass is 32.1. The van der Waals surface area contributed by atoms with Crippen LogP contribution in [0, 0.1) is 0 Å². The van der Waals surface area contributed by atoms with Crippen LogP contribution in [-0.4, -0.2) is 19.6 Å². The average Bonchev–Trinajstić information content (AvgIpc) is 3.43. The van der Waals surface area contributed by atoms with Crippen molar-refractivity contribution >= 4 is 17.1 Å². The van der Waals surface area contributed by atoms with Crippen LogP contribution in [0.5, 0.6) is 5.75 Å². The van der Waals surface area contributed by atoms with Gasteiger partial charge in [-0.05, 0) is 47.3 Å². The molecule has 3 heterocycles. The third-order valence-electron chi connectivity index (χ3n) is 4.38. The molecule has 5 aromatic rings. The summed E-state index contributed by atoms with van der Waals surface area (Å²) in [6, 6.07) is 24.1. The van der Waals surface area contributed by atoms with Crippen molar-refractivity contribution in [3.8, 4) is 27.7 Å². The maximum atomic E-state index is 5.88. The van der Waals surface area contributed by atoms with Gasteiger partial charge in [0, 0.05) is 11.8 Å². The second kappa shape index (κ2) is 7.25. The summed E-state index contributed by atoms with van der Waals surface area (Å²) in [4.78, 5) is 9.92. The van der Waals surface area contributed by atoms with Gasteiger partial charge in [-0.15, -0.1) is 16.4 Å². The van der Waals surface area contributed by atoms with Gasteiger partial charge in [-0.3, -0.25) is 0 Å². The second-order valence-electron chi connectivity index (χ2n) is 6.25. The van der Waals surface area contributed by atoms with E-state index in [0.717, 1.165) is 27.4 Å². The zero-order valence-corrected chi connectivity index (χ0v) is 15.7. The van der Waals surface area contributed by atoms with Gasteiger partial charge in [0.05, 0.1) is 10.6 Å². The lowest BCUT2D eigenvalue weighted by Gasteiger charge is -2.08. The zero-order chi connectivity index (χ0) is 18.8. The molecule has 5 rings (SSSR count). The molecule has 0 bridgehead atoms. The van der Waals surface area contributed by atoms with Gasteiger partial charge in [-0.1, -0.05) is 36.4 Å². The topological polar surface area (TPSA) is 52.3 Å². The highest BCUT2D eigenvalue weighted by molar-refractivity contribution is 7.13. The number of thiophene rings is 1. The van der Waals surface area contributed by atoms with E-state index in [1.54, 1.807) is 22.0 Å². The Morgan fingerprint density at radius 1 is 0.893 bits per heavy atom. The molecule has 2 aromatic carbocycles. The van der Waals surface area contributed by atoms with E-state index in [-0.39, 0.29) is 0 Å². The Labute approximate surface area is 165 Å². The highest BCUT2D eigenvalue weighted by Crippen LogP contribution is 2.26. The summed E-state index contributed by atoms with van der Waals surface area (Å²) < 4.78 is 7.66.